The Morgan fingerprint density at radius 1 is 1.20 bits per heavy atom. The number of hydrogen-bond donors (Lipinski definition) is 4. The molecule has 4 N–H and O–H groups in total. The van der Waals surface area contributed by atoms with Gasteiger partial charge in [0.25, 0.3) is 5.91 Å². The molecule has 1 atom stereocenters. The maximum atomic E-state index is 14.5. The highest BCUT2D eigenvalue weighted by molar-refractivity contribution is 6.11. The maximum Gasteiger partial charge on any atom is 0.274 e. The number of aliphatic hydroxyl groups excluding tert-OH is 1. The minimum absolute atomic E-state index is 0.00807. The number of anilines is 2. The number of hydrazone groups is 1. The van der Waals surface area contributed by atoms with E-state index in [0.717, 1.165) is 11.3 Å². The van der Waals surface area contributed by atoms with Gasteiger partial charge in [-0.3, -0.25) is 19.9 Å². The van der Waals surface area contributed by atoms with Crippen molar-refractivity contribution in [2.45, 2.75) is 39.3 Å². The average Bonchev–Trinajstić information content (AvgIpc) is 3.13. The molecule has 1 amide bonds. The van der Waals surface area contributed by atoms with Crippen LogP contribution in [0.25, 0.3) is 0 Å². The molecule has 0 bridgehead atoms. The summed E-state index contributed by atoms with van der Waals surface area (Å²) in [4.78, 5) is 16.9. The van der Waals surface area contributed by atoms with Gasteiger partial charge in [-0.1, -0.05) is 26.8 Å². The van der Waals surface area contributed by atoms with Gasteiger partial charge in [0.1, 0.15) is 11.5 Å². The first kappa shape index (κ1) is 24.1. The standard InChI is InChI=1S/C25H28FN7O2/c1-14-10-22(32-33(14)5)28-21-12-19(30-31-24(21)35)15-6-8-17(26)20(11-15)29-23(34)18-9-7-16(13-27-18)25(2,3)4/h6-13,24,31,35H,1-5H3,(H,28,32)(H,29,34). The summed E-state index contributed by atoms with van der Waals surface area (Å²) in [7, 11) is 1.82. The number of amides is 1. The van der Waals surface area contributed by atoms with E-state index in [1.54, 1.807) is 29.1 Å². The van der Waals surface area contributed by atoms with Gasteiger partial charge in [-0.25, -0.2) is 4.39 Å². The third-order valence-corrected chi connectivity index (χ3v) is 5.65. The lowest BCUT2D eigenvalue weighted by Gasteiger charge is -2.21. The molecule has 0 spiro atoms. The Hall–Kier alpha value is -4.05. The maximum absolute atomic E-state index is 14.5. The highest BCUT2D eigenvalue weighted by Gasteiger charge is 2.20. The van der Waals surface area contributed by atoms with Crippen LogP contribution in [0.2, 0.25) is 0 Å². The first-order valence-electron chi connectivity index (χ1n) is 11.1. The van der Waals surface area contributed by atoms with Crippen molar-refractivity contribution in [2.75, 3.05) is 10.6 Å². The van der Waals surface area contributed by atoms with Crippen LogP contribution in [0, 0.1) is 12.7 Å². The van der Waals surface area contributed by atoms with Crippen LogP contribution in [0.15, 0.2) is 59.5 Å². The molecule has 35 heavy (non-hydrogen) atoms. The number of hydrogen-bond acceptors (Lipinski definition) is 7. The number of rotatable bonds is 5. The minimum atomic E-state index is -1.07. The Bertz CT molecular complexity index is 1300. The van der Waals surface area contributed by atoms with Crippen molar-refractivity contribution in [1.29, 1.82) is 0 Å². The monoisotopic (exact) mass is 477 g/mol. The number of pyridine rings is 1. The number of carbonyl (C=O) groups is 1. The summed E-state index contributed by atoms with van der Waals surface area (Å²) in [6.07, 6.45) is 2.22. The Morgan fingerprint density at radius 2 is 1.97 bits per heavy atom. The van der Waals surface area contributed by atoms with Gasteiger partial charge >= 0.3 is 0 Å². The smallest absolute Gasteiger partial charge is 0.274 e. The van der Waals surface area contributed by atoms with Crippen LogP contribution in [-0.2, 0) is 12.5 Å². The SMILES string of the molecule is Cc1cc(NC2=CC(c3ccc(F)c(NC(=O)c4ccc(C(C)(C)C)cn4)c3)=NNC2O)nn1C. The van der Waals surface area contributed by atoms with E-state index in [-0.39, 0.29) is 16.8 Å². The van der Waals surface area contributed by atoms with Crippen molar-refractivity contribution in [3.63, 3.8) is 0 Å². The van der Waals surface area contributed by atoms with Crippen molar-refractivity contribution in [1.82, 2.24) is 20.2 Å². The quantitative estimate of drug-likeness (QED) is 0.447. The third kappa shape index (κ3) is 5.38. The highest BCUT2D eigenvalue weighted by atomic mass is 19.1. The Labute approximate surface area is 202 Å². The summed E-state index contributed by atoms with van der Waals surface area (Å²) >= 11 is 0. The lowest BCUT2D eigenvalue weighted by molar-refractivity contribution is 0.102. The van der Waals surface area contributed by atoms with Gasteiger partial charge < -0.3 is 15.7 Å². The molecule has 0 aliphatic carbocycles. The number of carbonyl (C=O) groups excluding carboxylic acids is 1. The molecule has 0 saturated carbocycles. The van der Waals surface area contributed by atoms with Gasteiger partial charge in [0.15, 0.2) is 12.0 Å². The van der Waals surface area contributed by atoms with Crippen LogP contribution in [0.3, 0.4) is 0 Å². The summed E-state index contributed by atoms with van der Waals surface area (Å²) in [5.41, 5.74) is 6.04. The second-order valence-electron chi connectivity index (χ2n) is 9.38. The van der Waals surface area contributed by atoms with Gasteiger partial charge in [0.05, 0.1) is 17.1 Å². The lowest BCUT2D eigenvalue weighted by atomic mass is 9.88. The van der Waals surface area contributed by atoms with Crippen LogP contribution in [0.4, 0.5) is 15.9 Å². The Morgan fingerprint density at radius 3 is 2.60 bits per heavy atom. The molecule has 4 rings (SSSR count). The van der Waals surface area contributed by atoms with Gasteiger partial charge in [0.2, 0.25) is 0 Å². The molecule has 1 unspecified atom stereocenters. The van der Waals surface area contributed by atoms with Crippen LogP contribution in [0.5, 0.6) is 0 Å². The second kappa shape index (κ2) is 9.30. The first-order valence-corrected chi connectivity index (χ1v) is 11.1. The molecule has 1 aromatic carbocycles. The van der Waals surface area contributed by atoms with E-state index in [9.17, 15) is 14.3 Å². The Kier molecular flexibility index (Phi) is 6.40. The number of aromatic nitrogens is 3. The number of nitrogens with zero attached hydrogens (tertiary/aromatic N) is 4. The van der Waals surface area contributed by atoms with Gasteiger partial charge in [-0.2, -0.15) is 10.2 Å². The number of nitrogens with one attached hydrogen (secondary N) is 3. The van der Waals surface area contributed by atoms with E-state index in [2.05, 4.69) is 52.0 Å². The molecular formula is C25H28FN7O2. The summed E-state index contributed by atoms with van der Waals surface area (Å²) in [6.45, 7) is 8.08. The normalized spacial score (nSPS) is 15.7. The molecule has 0 radical (unpaired) electrons. The average molecular weight is 478 g/mol. The molecule has 2 aromatic heterocycles. The molecular weight excluding hydrogens is 449 g/mol. The van der Waals surface area contributed by atoms with Gasteiger partial charge in [-0.15, -0.1) is 0 Å². The zero-order valence-electron chi connectivity index (χ0n) is 20.2. The number of aliphatic hydroxyl groups is 1. The van der Waals surface area contributed by atoms with Crippen LogP contribution in [0.1, 0.15) is 48.1 Å². The fourth-order valence-corrected chi connectivity index (χ4v) is 3.42. The summed E-state index contributed by atoms with van der Waals surface area (Å²) in [5.74, 6) is -0.552. The molecule has 3 aromatic rings. The molecule has 182 valence electrons. The van der Waals surface area contributed by atoms with Crippen molar-refractivity contribution in [3.8, 4) is 0 Å². The fraction of sp³-hybridized carbons (Fsp3) is 0.280. The van der Waals surface area contributed by atoms with E-state index in [0.29, 0.717) is 22.8 Å². The van der Waals surface area contributed by atoms with E-state index in [1.807, 2.05) is 26.1 Å². The molecule has 0 fully saturated rings. The Balaban J connectivity index is 1.54. The highest BCUT2D eigenvalue weighted by Crippen LogP contribution is 2.23. The number of allylic oxidation sites excluding steroid dienone is 1. The minimum Gasteiger partial charge on any atom is -0.367 e. The van der Waals surface area contributed by atoms with Crippen LogP contribution in [-0.4, -0.2) is 37.7 Å². The zero-order valence-corrected chi connectivity index (χ0v) is 20.2. The van der Waals surface area contributed by atoms with Crippen molar-refractivity contribution in [2.24, 2.45) is 12.1 Å². The summed E-state index contributed by atoms with van der Waals surface area (Å²) < 4.78 is 16.2. The number of aryl methyl sites for hydroxylation is 2. The van der Waals surface area contributed by atoms with E-state index in [1.165, 1.54) is 12.1 Å². The summed E-state index contributed by atoms with van der Waals surface area (Å²) in [5, 5.41) is 24.4. The number of benzene rings is 1. The topological polar surface area (TPSA) is 116 Å². The zero-order chi connectivity index (χ0) is 25.3. The molecule has 9 nitrogen and oxygen atoms in total. The van der Waals surface area contributed by atoms with Crippen molar-refractivity contribution in [3.05, 3.63) is 82.7 Å². The van der Waals surface area contributed by atoms with Crippen LogP contribution < -0.4 is 16.1 Å². The second-order valence-corrected chi connectivity index (χ2v) is 9.38. The van der Waals surface area contributed by atoms with Crippen LogP contribution >= 0.6 is 0 Å². The number of halogens is 1. The van der Waals surface area contributed by atoms with Crippen molar-refractivity contribution >= 4 is 23.1 Å². The third-order valence-electron chi connectivity index (χ3n) is 5.65. The van der Waals surface area contributed by atoms with E-state index < -0.39 is 18.0 Å². The first-order chi connectivity index (χ1) is 16.5. The van der Waals surface area contributed by atoms with Gasteiger partial charge in [0, 0.05) is 30.6 Å². The predicted molar refractivity (Wildman–Crippen MR) is 133 cm³/mol. The lowest BCUT2D eigenvalue weighted by Crippen LogP contribution is -2.34. The molecule has 3 heterocycles. The van der Waals surface area contributed by atoms with E-state index >= 15 is 0 Å². The molecule has 0 saturated heterocycles. The molecule has 1 aliphatic rings. The largest absolute Gasteiger partial charge is 0.367 e. The van der Waals surface area contributed by atoms with Gasteiger partial charge in [-0.05, 0) is 48.2 Å². The van der Waals surface area contributed by atoms with E-state index in [4.69, 9.17) is 0 Å². The van der Waals surface area contributed by atoms with Crippen molar-refractivity contribution < 1.29 is 14.3 Å². The predicted octanol–water partition coefficient (Wildman–Crippen LogP) is 3.43. The molecule has 10 heteroatoms. The summed E-state index contributed by atoms with van der Waals surface area (Å²) in [6, 6.07) is 9.57. The molecule has 1 aliphatic heterocycles. The fourth-order valence-electron chi connectivity index (χ4n) is 3.42.